The maximum Gasteiger partial charge on any atom is -0.00507 e. The topological polar surface area (TPSA) is 0 Å². The van der Waals surface area contributed by atoms with E-state index in [1.807, 2.05) is 0 Å². The van der Waals surface area contributed by atoms with Crippen molar-refractivity contribution >= 4 is 0 Å². The lowest BCUT2D eigenvalue weighted by Gasteiger charge is -2.39. The zero-order valence-electron chi connectivity index (χ0n) is 20.2. The fourth-order valence-electron chi connectivity index (χ4n) is 6.31. The normalized spacial score (nSPS) is 36.0. The second kappa shape index (κ2) is 8.99. The molecule has 3 aliphatic rings. The molecular weight excluding hydrogens is 348 g/mol. The van der Waals surface area contributed by atoms with Crippen molar-refractivity contribution < 1.29 is 0 Å². The van der Waals surface area contributed by atoms with Crippen LogP contribution >= 0.6 is 0 Å². The van der Waals surface area contributed by atoms with Gasteiger partial charge in [0.25, 0.3) is 0 Å². The van der Waals surface area contributed by atoms with Crippen LogP contribution in [0.3, 0.4) is 0 Å². The molecule has 0 amide bonds. The fraction of sp³-hybridized carbons (Fsp3) is 0.724. The molecule has 0 radical (unpaired) electrons. The van der Waals surface area contributed by atoms with Crippen molar-refractivity contribution in [2.75, 3.05) is 0 Å². The maximum absolute atomic E-state index is 4.32. The van der Waals surface area contributed by atoms with Crippen LogP contribution in [0.5, 0.6) is 0 Å². The van der Waals surface area contributed by atoms with E-state index in [0.717, 1.165) is 5.92 Å². The maximum atomic E-state index is 4.32. The van der Waals surface area contributed by atoms with Crippen LogP contribution in [0.15, 0.2) is 47.1 Å². The summed E-state index contributed by atoms with van der Waals surface area (Å²) in [6.45, 7) is 18.7. The molecular formula is C29H46. The van der Waals surface area contributed by atoms with Crippen molar-refractivity contribution in [2.45, 2.75) is 106 Å². The monoisotopic (exact) mass is 394 g/mol. The summed E-state index contributed by atoms with van der Waals surface area (Å²) in [6, 6.07) is 0. The Bertz CT molecular complexity index is 676. The van der Waals surface area contributed by atoms with Gasteiger partial charge in [-0.05, 0) is 92.8 Å². The molecule has 0 N–H and O–H groups in total. The Morgan fingerprint density at radius 3 is 2.41 bits per heavy atom. The fourth-order valence-corrected chi connectivity index (χ4v) is 6.31. The lowest BCUT2D eigenvalue weighted by molar-refractivity contribution is 0.245. The molecule has 0 spiro atoms. The lowest BCUT2D eigenvalue weighted by Crippen LogP contribution is -2.29. The number of hydrogen-bond acceptors (Lipinski definition) is 0. The molecule has 0 aliphatic heterocycles. The number of allylic oxidation sites excluding steroid dienone is 7. The average molecular weight is 395 g/mol. The SMILES string of the molecule is C=C1C(C)CC(=CC=C2CCCC3(C)C(=CCCCC(C)(C)C)CCC23)CC1C. The van der Waals surface area contributed by atoms with Gasteiger partial charge in [0.2, 0.25) is 0 Å². The Kier molecular flexibility index (Phi) is 7.02. The Morgan fingerprint density at radius 2 is 1.76 bits per heavy atom. The molecule has 162 valence electrons. The summed E-state index contributed by atoms with van der Waals surface area (Å²) < 4.78 is 0. The Labute approximate surface area is 181 Å². The second-order valence-corrected chi connectivity index (χ2v) is 11.9. The van der Waals surface area contributed by atoms with Crippen LogP contribution in [0.2, 0.25) is 0 Å². The first-order valence-electron chi connectivity index (χ1n) is 12.4. The van der Waals surface area contributed by atoms with E-state index in [0.29, 0.717) is 22.7 Å². The van der Waals surface area contributed by atoms with Crippen molar-refractivity contribution in [3.05, 3.63) is 47.1 Å². The molecule has 0 heterocycles. The van der Waals surface area contributed by atoms with Gasteiger partial charge < -0.3 is 0 Å². The van der Waals surface area contributed by atoms with Crippen molar-refractivity contribution in [2.24, 2.45) is 28.6 Å². The third-order valence-corrected chi connectivity index (χ3v) is 8.27. The van der Waals surface area contributed by atoms with Gasteiger partial charge in [0.05, 0.1) is 0 Å². The molecule has 0 saturated heterocycles. The summed E-state index contributed by atoms with van der Waals surface area (Å²) in [7, 11) is 0. The number of unbranched alkanes of at least 4 members (excludes halogenated alkanes) is 1. The van der Waals surface area contributed by atoms with E-state index < -0.39 is 0 Å². The van der Waals surface area contributed by atoms with E-state index >= 15 is 0 Å². The Balaban J connectivity index is 1.69. The van der Waals surface area contributed by atoms with E-state index in [9.17, 15) is 0 Å². The van der Waals surface area contributed by atoms with E-state index in [1.165, 1.54) is 69.8 Å². The Morgan fingerprint density at radius 1 is 1.07 bits per heavy atom. The first kappa shape index (κ1) is 22.6. The van der Waals surface area contributed by atoms with E-state index in [-0.39, 0.29) is 0 Å². The average Bonchev–Trinajstić information content (AvgIpc) is 2.97. The van der Waals surface area contributed by atoms with E-state index in [4.69, 9.17) is 0 Å². The van der Waals surface area contributed by atoms with Crippen LogP contribution in [-0.2, 0) is 0 Å². The van der Waals surface area contributed by atoms with Crippen LogP contribution < -0.4 is 0 Å². The first-order chi connectivity index (χ1) is 13.6. The number of rotatable bonds is 4. The van der Waals surface area contributed by atoms with Gasteiger partial charge in [-0.3, -0.25) is 0 Å². The molecule has 0 aromatic heterocycles. The summed E-state index contributed by atoms with van der Waals surface area (Å²) in [4.78, 5) is 0. The molecule has 0 nitrogen and oxygen atoms in total. The minimum Gasteiger partial charge on any atom is -0.0993 e. The lowest BCUT2D eigenvalue weighted by atomic mass is 9.65. The molecule has 3 rings (SSSR count). The van der Waals surface area contributed by atoms with Gasteiger partial charge in [-0.15, -0.1) is 0 Å². The molecule has 29 heavy (non-hydrogen) atoms. The second-order valence-electron chi connectivity index (χ2n) is 11.9. The molecule has 4 atom stereocenters. The quantitative estimate of drug-likeness (QED) is 0.329. The van der Waals surface area contributed by atoms with Gasteiger partial charge in [0.1, 0.15) is 0 Å². The van der Waals surface area contributed by atoms with Gasteiger partial charge >= 0.3 is 0 Å². The molecule has 3 fully saturated rings. The predicted molar refractivity (Wildman–Crippen MR) is 129 cm³/mol. The van der Waals surface area contributed by atoms with Crippen LogP contribution in [0.25, 0.3) is 0 Å². The summed E-state index contributed by atoms with van der Waals surface area (Å²) in [5.41, 5.74) is 7.53. The van der Waals surface area contributed by atoms with Gasteiger partial charge in [-0.2, -0.15) is 0 Å². The minimum atomic E-state index is 0.436. The van der Waals surface area contributed by atoms with Gasteiger partial charge in [0.15, 0.2) is 0 Å². The zero-order valence-corrected chi connectivity index (χ0v) is 20.2. The van der Waals surface area contributed by atoms with Crippen LogP contribution in [0, 0.1) is 28.6 Å². The molecule has 0 bridgehead atoms. The van der Waals surface area contributed by atoms with E-state index in [1.54, 1.807) is 16.7 Å². The smallest absolute Gasteiger partial charge is 0.00507 e. The highest BCUT2D eigenvalue weighted by atomic mass is 14.5. The van der Waals surface area contributed by atoms with Crippen molar-refractivity contribution in [3.8, 4) is 0 Å². The standard InChI is InChI=1S/C29H46/c1-21-19-24(20-22(2)23(21)3)13-14-25-11-10-18-29(7)26(15-16-27(25)29)12-8-9-17-28(4,5)6/h12-14,21-22,27H,3,8-11,15-20H2,1-2,4-7H3. The molecule has 0 aromatic rings. The van der Waals surface area contributed by atoms with Crippen LogP contribution in [0.1, 0.15) is 106 Å². The van der Waals surface area contributed by atoms with Gasteiger partial charge in [0, 0.05) is 0 Å². The molecule has 3 saturated carbocycles. The predicted octanol–water partition coefficient (Wildman–Crippen LogP) is 9.20. The summed E-state index contributed by atoms with van der Waals surface area (Å²) in [5.74, 6) is 2.08. The highest BCUT2D eigenvalue weighted by molar-refractivity contribution is 5.33. The molecule has 4 unspecified atom stereocenters. The first-order valence-corrected chi connectivity index (χ1v) is 12.4. The van der Waals surface area contributed by atoms with Crippen molar-refractivity contribution in [3.63, 3.8) is 0 Å². The zero-order chi connectivity index (χ0) is 21.2. The van der Waals surface area contributed by atoms with Crippen molar-refractivity contribution in [1.29, 1.82) is 0 Å². The number of fused-ring (bicyclic) bond motifs is 1. The third kappa shape index (κ3) is 5.36. The highest BCUT2D eigenvalue weighted by Crippen LogP contribution is 2.57. The summed E-state index contributed by atoms with van der Waals surface area (Å²) >= 11 is 0. The summed E-state index contributed by atoms with van der Waals surface area (Å²) in [6.07, 6.45) is 20.9. The van der Waals surface area contributed by atoms with E-state index in [2.05, 4.69) is 66.3 Å². The number of hydrogen-bond donors (Lipinski definition) is 0. The van der Waals surface area contributed by atoms with Crippen LogP contribution in [-0.4, -0.2) is 0 Å². The van der Waals surface area contributed by atoms with Crippen molar-refractivity contribution in [1.82, 2.24) is 0 Å². The highest BCUT2D eigenvalue weighted by Gasteiger charge is 2.45. The summed E-state index contributed by atoms with van der Waals surface area (Å²) in [5, 5.41) is 0. The third-order valence-electron chi connectivity index (χ3n) is 8.27. The minimum absolute atomic E-state index is 0.436. The van der Waals surface area contributed by atoms with Crippen LogP contribution in [0.4, 0.5) is 0 Å². The molecule has 3 aliphatic carbocycles. The largest absolute Gasteiger partial charge is 0.0993 e. The molecule has 0 aromatic carbocycles. The molecule has 0 heteroatoms. The van der Waals surface area contributed by atoms with Gasteiger partial charge in [-0.1, -0.05) is 88.6 Å². The Hall–Kier alpha value is -1.04. The van der Waals surface area contributed by atoms with Gasteiger partial charge in [-0.25, -0.2) is 0 Å².